The van der Waals surface area contributed by atoms with Gasteiger partial charge in [-0.15, -0.1) is 0 Å². The van der Waals surface area contributed by atoms with Crippen molar-refractivity contribution in [1.29, 1.82) is 0 Å². The smallest absolute Gasteiger partial charge is 0.227 e. The molecule has 4 heterocycles. The molecule has 0 saturated carbocycles. The Balaban J connectivity index is 1.37. The van der Waals surface area contributed by atoms with Crippen LogP contribution >= 0.6 is 23.2 Å². The van der Waals surface area contributed by atoms with Crippen LogP contribution in [-0.2, 0) is 16.0 Å². The number of hydrogen-bond acceptors (Lipinski definition) is 7. The number of ether oxygens (including phenoxy) is 1. The monoisotopic (exact) mass is 508 g/mol. The first-order valence-electron chi connectivity index (χ1n) is 11.9. The Morgan fingerprint density at radius 3 is 2.62 bits per heavy atom. The van der Waals surface area contributed by atoms with Gasteiger partial charge in [0.1, 0.15) is 18.1 Å². The number of halogens is 2. The van der Waals surface area contributed by atoms with Crippen molar-refractivity contribution in [3.8, 4) is 0 Å². The number of carbonyl (C=O) groups excluding carboxylic acids is 1. The fourth-order valence-corrected chi connectivity index (χ4v) is 5.92. The number of rotatable bonds is 6. The molecule has 34 heavy (non-hydrogen) atoms. The van der Waals surface area contributed by atoms with E-state index in [0.29, 0.717) is 48.6 Å². The molecule has 2 aromatic rings. The van der Waals surface area contributed by atoms with Crippen LogP contribution in [0.25, 0.3) is 0 Å². The third-order valence-corrected chi connectivity index (χ3v) is 8.04. The van der Waals surface area contributed by atoms with E-state index in [2.05, 4.69) is 15.0 Å². The molecule has 8 nitrogen and oxygen atoms in total. The van der Waals surface area contributed by atoms with E-state index in [1.54, 1.807) is 18.2 Å². The fraction of sp³-hybridized carbons (Fsp3) is 0.583. The summed E-state index contributed by atoms with van der Waals surface area (Å²) in [5.41, 5.74) is 1.37. The van der Waals surface area contributed by atoms with E-state index >= 15 is 0 Å². The van der Waals surface area contributed by atoms with Crippen molar-refractivity contribution in [1.82, 2.24) is 19.9 Å². The summed E-state index contributed by atoms with van der Waals surface area (Å²) in [5, 5.41) is 15.6. The van der Waals surface area contributed by atoms with E-state index in [0.717, 1.165) is 18.7 Å². The number of aliphatic hydroxyl groups excluding tert-OH is 1. The fourth-order valence-electron chi connectivity index (χ4n) is 5.60. The van der Waals surface area contributed by atoms with E-state index in [1.165, 1.54) is 19.1 Å². The maximum Gasteiger partial charge on any atom is 0.227 e. The number of likely N-dealkylation sites (tertiary alicyclic amines) is 1. The third-order valence-electron chi connectivity index (χ3n) is 7.30. The van der Waals surface area contributed by atoms with Crippen LogP contribution in [-0.4, -0.2) is 94.9 Å². The Morgan fingerprint density at radius 1 is 1.09 bits per heavy atom. The average molecular weight is 509 g/mol. The number of hydrogen-bond donors (Lipinski definition) is 1. The number of aliphatic hydroxyl groups is 1. The van der Waals surface area contributed by atoms with Gasteiger partial charge in [-0.1, -0.05) is 34.4 Å². The van der Waals surface area contributed by atoms with Gasteiger partial charge >= 0.3 is 0 Å². The Bertz CT molecular complexity index is 985. The molecule has 0 spiro atoms. The number of β-amino-alcohol motifs (C(OH)–C–C–N with tert-alkyl or cyclic N) is 1. The molecule has 184 valence electrons. The highest BCUT2D eigenvalue weighted by atomic mass is 35.5. The standard InChI is InChI=1S/C24H30Cl2N4O4/c25-17-4-3-16(11-18(17)26)12-23(32)30-9-8-29(13-22(31)19-5-10-34-27-19)21-15-33-14-20(24(21)30)28-6-1-2-7-28/h3-5,10-11,20-22,24,31H,1-2,6-9,12-15H2/t20-,21+,22?,24+/m0/s1. The number of nitrogens with zero attached hydrogens (tertiary/aromatic N) is 4. The summed E-state index contributed by atoms with van der Waals surface area (Å²) >= 11 is 12.3. The summed E-state index contributed by atoms with van der Waals surface area (Å²) in [6, 6.07) is 7.16. The van der Waals surface area contributed by atoms with Gasteiger partial charge in [-0.2, -0.15) is 0 Å². The number of amides is 1. The summed E-state index contributed by atoms with van der Waals surface area (Å²) in [6.45, 7) is 4.84. The van der Waals surface area contributed by atoms with Gasteiger partial charge in [0, 0.05) is 25.7 Å². The lowest BCUT2D eigenvalue weighted by Gasteiger charge is -2.54. The maximum absolute atomic E-state index is 13.6. The van der Waals surface area contributed by atoms with Gasteiger partial charge in [0.2, 0.25) is 5.91 Å². The molecular formula is C24H30Cl2N4O4. The third kappa shape index (κ3) is 4.98. The normalized spacial score (nSPS) is 27.0. The lowest BCUT2D eigenvalue weighted by atomic mass is 9.90. The van der Waals surface area contributed by atoms with Crippen LogP contribution in [0.15, 0.2) is 35.1 Å². The number of carbonyl (C=O) groups is 1. The molecule has 0 aliphatic carbocycles. The molecule has 1 unspecified atom stereocenters. The highest BCUT2D eigenvalue weighted by molar-refractivity contribution is 6.42. The van der Waals surface area contributed by atoms with Crippen molar-refractivity contribution in [2.45, 2.75) is 43.5 Å². The molecule has 3 aliphatic rings. The minimum atomic E-state index is -0.759. The summed E-state index contributed by atoms with van der Waals surface area (Å²) < 4.78 is 11.0. The lowest BCUT2D eigenvalue weighted by molar-refractivity contribution is -0.154. The van der Waals surface area contributed by atoms with Crippen molar-refractivity contribution in [3.05, 3.63) is 51.8 Å². The van der Waals surface area contributed by atoms with Gasteiger partial charge in [0.05, 0.1) is 47.8 Å². The Labute approximate surface area is 209 Å². The Hall–Kier alpha value is -1.68. The van der Waals surface area contributed by atoms with Crippen LogP contribution < -0.4 is 0 Å². The maximum atomic E-state index is 13.6. The van der Waals surface area contributed by atoms with Crippen molar-refractivity contribution in [2.24, 2.45) is 0 Å². The largest absolute Gasteiger partial charge is 0.385 e. The average Bonchev–Trinajstić information content (AvgIpc) is 3.56. The van der Waals surface area contributed by atoms with Crippen molar-refractivity contribution >= 4 is 29.1 Å². The second kappa shape index (κ2) is 10.5. The van der Waals surface area contributed by atoms with Gasteiger partial charge < -0.3 is 19.3 Å². The van der Waals surface area contributed by atoms with Crippen LogP contribution in [0.1, 0.15) is 30.2 Å². The predicted octanol–water partition coefficient (Wildman–Crippen LogP) is 2.63. The van der Waals surface area contributed by atoms with Gasteiger partial charge in [0.25, 0.3) is 0 Å². The van der Waals surface area contributed by atoms with Gasteiger partial charge in [0.15, 0.2) is 0 Å². The zero-order valence-electron chi connectivity index (χ0n) is 19.0. The van der Waals surface area contributed by atoms with Crippen LogP contribution in [0.2, 0.25) is 10.0 Å². The first-order valence-corrected chi connectivity index (χ1v) is 12.6. The molecule has 3 aliphatic heterocycles. The Kier molecular flexibility index (Phi) is 7.44. The molecule has 3 fully saturated rings. The number of fused-ring (bicyclic) bond motifs is 1. The van der Waals surface area contributed by atoms with Crippen molar-refractivity contribution in [3.63, 3.8) is 0 Å². The number of benzene rings is 1. The first-order chi connectivity index (χ1) is 16.5. The predicted molar refractivity (Wildman–Crippen MR) is 128 cm³/mol. The first kappa shape index (κ1) is 24.0. The minimum absolute atomic E-state index is 0.00703. The van der Waals surface area contributed by atoms with E-state index < -0.39 is 6.10 Å². The molecule has 1 N–H and O–H groups in total. The molecular weight excluding hydrogens is 479 g/mol. The van der Waals surface area contributed by atoms with Gasteiger partial charge in [-0.25, -0.2) is 0 Å². The topological polar surface area (TPSA) is 82.3 Å². The second-order valence-electron chi connectivity index (χ2n) is 9.35. The molecule has 1 amide bonds. The molecule has 0 radical (unpaired) electrons. The minimum Gasteiger partial charge on any atom is -0.385 e. The molecule has 4 atom stereocenters. The number of piperazine rings is 1. The molecule has 5 rings (SSSR count). The van der Waals surface area contributed by atoms with Crippen LogP contribution in [0, 0.1) is 0 Å². The molecule has 1 aromatic carbocycles. The van der Waals surface area contributed by atoms with Crippen LogP contribution in [0.5, 0.6) is 0 Å². The van der Waals surface area contributed by atoms with Crippen LogP contribution in [0.3, 0.4) is 0 Å². The zero-order valence-corrected chi connectivity index (χ0v) is 20.5. The van der Waals surface area contributed by atoms with E-state index in [9.17, 15) is 9.90 Å². The molecule has 0 bridgehead atoms. The molecule has 3 saturated heterocycles. The van der Waals surface area contributed by atoms with E-state index in [1.807, 2.05) is 11.0 Å². The van der Waals surface area contributed by atoms with Crippen LogP contribution in [0.4, 0.5) is 0 Å². The van der Waals surface area contributed by atoms with Crippen molar-refractivity contribution in [2.75, 3.05) is 45.9 Å². The SMILES string of the molecule is O=C(Cc1ccc(Cl)c(Cl)c1)N1CCN(CC(O)c2ccon2)[C@@H]2COC[C@H](N3CCCC3)[C@H]21. The zero-order chi connectivity index (χ0) is 23.7. The van der Waals surface area contributed by atoms with Gasteiger partial charge in [-0.05, 0) is 43.6 Å². The summed E-state index contributed by atoms with van der Waals surface area (Å²) in [7, 11) is 0. The summed E-state index contributed by atoms with van der Waals surface area (Å²) in [6.07, 6.45) is 3.31. The molecule has 1 aromatic heterocycles. The highest BCUT2D eigenvalue weighted by Crippen LogP contribution is 2.31. The quantitative estimate of drug-likeness (QED) is 0.641. The summed E-state index contributed by atoms with van der Waals surface area (Å²) in [4.78, 5) is 20.3. The molecule has 10 heteroatoms. The lowest BCUT2D eigenvalue weighted by Crippen LogP contribution is -2.71. The highest BCUT2D eigenvalue weighted by Gasteiger charge is 2.48. The second-order valence-corrected chi connectivity index (χ2v) is 10.2. The summed E-state index contributed by atoms with van der Waals surface area (Å²) in [5.74, 6) is 0.0798. The van der Waals surface area contributed by atoms with Crippen molar-refractivity contribution < 1.29 is 19.2 Å². The number of aromatic nitrogens is 1. The van der Waals surface area contributed by atoms with Gasteiger partial charge in [-0.3, -0.25) is 14.6 Å². The Morgan fingerprint density at radius 2 is 1.88 bits per heavy atom. The van der Waals surface area contributed by atoms with E-state index in [4.69, 9.17) is 32.5 Å². The van der Waals surface area contributed by atoms with E-state index in [-0.39, 0.29) is 30.5 Å².